The average molecular weight is 781 g/mol. The molecule has 6 rings (SSSR count). The van der Waals surface area contributed by atoms with E-state index in [4.69, 9.17) is 28.1 Å². The van der Waals surface area contributed by atoms with Crippen LogP contribution in [-0.2, 0) is 33.9 Å². The van der Waals surface area contributed by atoms with E-state index >= 15 is 0 Å². The molecule has 0 aliphatic carbocycles. The van der Waals surface area contributed by atoms with Crippen LogP contribution in [0.4, 0.5) is 0 Å². The highest BCUT2D eigenvalue weighted by Crippen LogP contribution is 2.42. The van der Waals surface area contributed by atoms with E-state index in [0.29, 0.717) is 55.4 Å². The number of fused-ring (bicyclic) bond motifs is 3. The molecule has 3 atom stereocenters. The summed E-state index contributed by atoms with van der Waals surface area (Å²) in [5.41, 5.74) is 16.9. The molecule has 0 spiro atoms. The predicted molar refractivity (Wildman–Crippen MR) is 219 cm³/mol. The fraction of sp³-hybridized carbons (Fsp3) is 0.333. The van der Waals surface area contributed by atoms with Crippen molar-refractivity contribution in [2.24, 2.45) is 11.5 Å². The lowest BCUT2D eigenvalue weighted by Gasteiger charge is -2.25. The van der Waals surface area contributed by atoms with E-state index in [-0.39, 0.29) is 24.8 Å². The van der Waals surface area contributed by atoms with Crippen molar-refractivity contribution in [3.8, 4) is 11.1 Å². The van der Waals surface area contributed by atoms with Crippen molar-refractivity contribution < 1.29 is 14.4 Å². The normalized spacial score (nSPS) is 18.5. The first kappa shape index (κ1) is 40.0. The average Bonchev–Trinajstić information content (AvgIpc) is 3.61. The molecule has 0 fully saturated rings. The van der Waals surface area contributed by atoms with E-state index in [0.717, 1.165) is 56.5 Å². The quantitative estimate of drug-likeness (QED) is 0.0848. The third-order valence-electron chi connectivity index (χ3n) is 9.88. The number of aromatic amines is 1. The maximum atomic E-state index is 14.3. The number of unbranched alkanes of at least 4 members (excludes halogenated alkanes) is 2. The van der Waals surface area contributed by atoms with Gasteiger partial charge in [0.2, 0.25) is 17.7 Å². The van der Waals surface area contributed by atoms with Crippen molar-refractivity contribution in [2.45, 2.75) is 86.1 Å². The molecule has 0 radical (unpaired) electrons. The molecule has 1 aliphatic heterocycles. The summed E-state index contributed by atoms with van der Waals surface area (Å²) in [6.45, 7) is 1.43. The van der Waals surface area contributed by atoms with Gasteiger partial charge in [-0.2, -0.15) is 0 Å². The number of carbonyl (C=O) groups excluding carboxylic acids is 3. The van der Waals surface area contributed by atoms with Crippen LogP contribution in [0, 0.1) is 0 Å². The maximum absolute atomic E-state index is 14.3. The van der Waals surface area contributed by atoms with Gasteiger partial charge in [-0.25, -0.2) is 4.98 Å². The largest absolute Gasteiger partial charge is 0.361 e. The lowest BCUT2D eigenvalue weighted by Crippen LogP contribution is -2.56. The van der Waals surface area contributed by atoms with Crippen molar-refractivity contribution in [1.29, 1.82) is 0 Å². The van der Waals surface area contributed by atoms with Crippen LogP contribution in [0.2, 0.25) is 5.02 Å². The summed E-state index contributed by atoms with van der Waals surface area (Å²) in [6, 6.07) is 23.0. The SMILES string of the molecule is NCCCCC[C@@H]1NC(=O)[C@@H](CCCN)NCc2cccnc2Sc2c(ccc(-c3ccccc3)c2Cl)CNC(=O)[C@H](Cc2c[nH]c3ccccc23)NC1=O. The summed E-state index contributed by atoms with van der Waals surface area (Å²) < 4.78 is 0. The number of benzene rings is 3. The minimum atomic E-state index is -0.949. The molecule has 2 aromatic heterocycles. The van der Waals surface area contributed by atoms with Crippen LogP contribution in [0.3, 0.4) is 0 Å². The summed E-state index contributed by atoms with van der Waals surface area (Å²) in [5, 5.41) is 14.8. The molecule has 3 amide bonds. The molecule has 0 saturated heterocycles. The Labute approximate surface area is 331 Å². The number of para-hydroxylation sites is 1. The van der Waals surface area contributed by atoms with Crippen molar-refractivity contribution in [3.63, 3.8) is 0 Å². The molecule has 3 aromatic carbocycles. The first-order valence-corrected chi connectivity index (χ1v) is 20.1. The highest BCUT2D eigenvalue weighted by atomic mass is 35.5. The van der Waals surface area contributed by atoms with Crippen molar-refractivity contribution >= 4 is 52.0 Å². The lowest BCUT2D eigenvalue weighted by atomic mass is 10.0. The summed E-state index contributed by atoms with van der Waals surface area (Å²) in [6.07, 6.45) is 7.56. The van der Waals surface area contributed by atoms with Gasteiger partial charge in [-0.05, 0) is 73.2 Å². The van der Waals surface area contributed by atoms with Crippen molar-refractivity contribution in [1.82, 2.24) is 31.2 Å². The highest BCUT2D eigenvalue weighted by Gasteiger charge is 2.30. The van der Waals surface area contributed by atoms with E-state index < -0.39 is 24.0 Å². The zero-order chi connectivity index (χ0) is 38.6. The predicted octanol–water partition coefficient (Wildman–Crippen LogP) is 5.59. The molecule has 55 heavy (non-hydrogen) atoms. The van der Waals surface area contributed by atoms with Gasteiger partial charge < -0.3 is 37.7 Å². The minimum Gasteiger partial charge on any atom is -0.361 e. The monoisotopic (exact) mass is 780 g/mol. The fourth-order valence-corrected chi connectivity index (χ4v) is 8.29. The van der Waals surface area contributed by atoms with E-state index in [9.17, 15) is 14.4 Å². The van der Waals surface area contributed by atoms with Gasteiger partial charge >= 0.3 is 0 Å². The van der Waals surface area contributed by atoms with E-state index in [1.165, 1.54) is 11.8 Å². The van der Waals surface area contributed by atoms with E-state index in [1.807, 2.05) is 85.1 Å². The number of H-pyrrole nitrogens is 1. The van der Waals surface area contributed by atoms with Gasteiger partial charge in [-0.1, -0.05) is 103 Å². The molecule has 13 heteroatoms. The van der Waals surface area contributed by atoms with Gasteiger partial charge in [0, 0.05) is 53.3 Å². The number of nitrogens with zero attached hydrogens (tertiary/aromatic N) is 1. The molecule has 0 bridgehead atoms. The zero-order valence-electron chi connectivity index (χ0n) is 30.8. The molecule has 3 heterocycles. The molecule has 288 valence electrons. The van der Waals surface area contributed by atoms with Crippen molar-refractivity contribution in [2.75, 3.05) is 13.1 Å². The van der Waals surface area contributed by atoms with E-state index in [2.05, 4.69) is 26.3 Å². The number of amides is 3. The number of pyridine rings is 1. The Kier molecular flexibility index (Phi) is 14.3. The van der Waals surface area contributed by atoms with E-state index in [1.54, 1.807) is 6.20 Å². The first-order valence-electron chi connectivity index (χ1n) is 18.9. The topological polar surface area (TPSA) is 180 Å². The second-order valence-electron chi connectivity index (χ2n) is 13.8. The molecular formula is C42H49ClN8O3S. The van der Waals surface area contributed by atoms with Gasteiger partial charge in [-0.15, -0.1) is 0 Å². The van der Waals surface area contributed by atoms with Gasteiger partial charge in [0.15, 0.2) is 0 Å². The number of carbonyl (C=O) groups is 3. The highest BCUT2D eigenvalue weighted by molar-refractivity contribution is 7.99. The van der Waals surface area contributed by atoms with Gasteiger partial charge in [0.05, 0.1) is 11.1 Å². The van der Waals surface area contributed by atoms with Crippen LogP contribution in [-0.4, -0.2) is 58.9 Å². The van der Waals surface area contributed by atoms with Crippen LogP contribution < -0.4 is 32.7 Å². The van der Waals surface area contributed by atoms with Crippen LogP contribution in [0.25, 0.3) is 22.0 Å². The Morgan fingerprint density at radius 1 is 0.727 bits per heavy atom. The molecule has 0 unspecified atom stereocenters. The Hall–Kier alpha value is -4.72. The lowest BCUT2D eigenvalue weighted by molar-refractivity contribution is -0.132. The maximum Gasteiger partial charge on any atom is 0.243 e. The third kappa shape index (κ3) is 10.3. The van der Waals surface area contributed by atoms with Crippen LogP contribution >= 0.6 is 23.4 Å². The summed E-state index contributed by atoms with van der Waals surface area (Å²) in [7, 11) is 0. The number of hydrogen-bond donors (Lipinski definition) is 7. The Bertz CT molecular complexity index is 2080. The van der Waals surface area contributed by atoms with Gasteiger partial charge in [0.1, 0.15) is 17.1 Å². The smallest absolute Gasteiger partial charge is 0.243 e. The number of halogens is 1. The first-order chi connectivity index (χ1) is 26.9. The molecule has 9 N–H and O–H groups in total. The van der Waals surface area contributed by atoms with Crippen LogP contribution in [0.5, 0.6) is 0 Å². The number of nitrogens with two attached hydrogens (primary N) is 2. The Balaban J connectivity index is 1.40. The number of rotatable bonds is 11. The second-order valence-corrected chi connectivity index (χ2v) is 15.1. The molecule has 11 nitrogen and oxygen atoms in total. The second kappa shape index (κ2) is 19.7. The Morgan fingerprint density at radius 3 is 2.29 bits per heavy atom. The number of aromatic nitrogens is 2. The molecule has 1 aliphatic rings. The van der Waals surface area contributed by atoms with Gasteiger partial charge in [0.25, 0.3) is 0 Å². The van der Waals surface area contributed by atoms with Crippen LogP contribution in [0.1, 0.15) is 55.2 Å². The zero-order valence-corrected chi connectivity index (χ0v) is 32.4. The summed E-state index contributed by atoms with van der Waals surface area (Å²) in [5.74, 6) is -1.10. The third-order valence-corrected chi connectivity index (χ3v) is 11.6. The van der Waals surface area contributed by atoms with Crippen LogP contribution in [0.15, 0.2) is 101 Å². The standard InChI is InChI=1S/C42H49ClN8O3S/c43-37-32(27-11-3-1-4-12-27)19-18-28-24-49-39(52)36(23-30-26-47-33-15-7-6-14-31(30)33)51-41(54)35(16-5-2-8-20-44)50-40(53)34(17-9-21-45)48-25-29-13-10-22-46-42(29)55-38(28)37/h1,3-4,6-7,10-15,18-19,22,26,34-36,47-48H,2,5,8-9,16-17,20-21,23-25,44-45H2,(H,49,52)(H,50,53)(H,51,54)/t34-,35+,36+/m1/s1. The summed E-state index contributed by atoms with van der Waals surface area (Å²) in [4.78, 5) is 51.3. The summed E-state index contributed by atoms with van der Waals surface area (Å²) >= 11 is 8.67. The number of nitrogens with one attached hydrogen (secondary N) is 5. The molecule has 5 aromatic rings. The molecular weight excluding hydrogens is 732 g/mol. The van der Waals surface area contributed by atoms with Crippen molar-refractivity contribution in [3.05, 3.63) is 113 Å². The minimum absolute atomic E-state index is 0.150. The molecule has 0 saturated carbocycles. The Morgan fingerprint density at radius 2 is 1.47 bits per heavy atom. The number of hydrogen-bond acceptors (Lipinski definition) is 8. The fourth-order valence-electron chi connectivity index (χ4n) is 6.83. The van der Waals surface area contributed by atoms with Gasteiger partial charge in [-0.3, -0.25) is 14.4 Å².